The van der Waals surface area contributed by atoms with Crippen LogP contribution in [0.4, 0.5) is 10.1 Å². The SMILES string of the molecule is COc1ccc(C2C(C(=O)c3ccc(F)cc3)N3c4ccccc4C=CC3C23C(=O)c2ccccc2C3=O)c(OC)c1. The van der Waals surface area contributed by atoms with Crippen molar-refractivity contribution in [3.63, 3.8) is 0 Å². The Labute approximate surface area is 242 Å². The fourth-order valence-electron chi connectivity index (χ4n) is 7.12. The molecule has 2 heterocycles. The van der Waals surface area contributed by atoms with E-state index in [1.54, 1.807) is 42.5 Å². The number of halogens is 1. The molecule has 1 spiro atoms. The Morgan fingerprint density at radius 1 is 0.833 bits per heavy atom. The van der Waals surface area contributed by atoms with Gasteiger partial charge in [-0.3, -0.25) is 14.4 Å². The van der Waals surface area contributed by atoms with E-state index in [0.717, 1.165) is 11.3 Å². The van der Waals surface area contributed by atoms with Gasteiger partial charge >= 0.3 is 0 Å². The van der Waals surface area contributed by atoms with Crippen LogP contribution in [0.2, 0.25) is 0 Å². The summed E-state index contributed by atoms with van der Waals surface area (Å²) < 4.78 is 25.2. The fourth-order valence-corrected chi connectivity index (χ4v) is 7.12. The zero-order valence-corrected chi connectivity index (χ0v) is 22.9. The number of benzene rings is 4. The quantitative estimate of drug-likeness (QED) is 0.216. The van der Waals surface area contributed by atoms with Crippen LogP contribution in [0, 0.1) is 11.2 Å². The van der Waals surface area contributed by atoms with Gasteiger partial charge in [0.15, 0.2) is 17.3 Å². The first-order valence-corrected chi connectivity index (χ1v) is 13.7. The first-order chi connectivity index (χ1) is 20.4. The molecule has 4 aromatic carbocycles. The minimum absolute atomic E-state index is 0.275. The second-order valence-electron chi connectivity index (χ2n) is 10.7. The van der Waals surface area contributed by atoms with Gasteiger partial charge < -0.3 is 14.4 Å². The largest absolute Gasteiger partial charge is 0.497 e. The van der Waals surface area contributed by atoms with Crippen LogP contribution in [0.5, 0.6) is 11.5 Å². The molecule has 1 aliphatic carbocycles. The van der Waals surface area contributed by atoms with Gasteiger partial charge in [-0.05, 0) is 42.0 Å². The predicted octanol–water partition coefficient (Wildman–Crippen LogP) is 6.16. The second-order valence-corrected chi connectivity index (χ2v) is 10.7. The van der Waals surface area contributed by atoms with E-state index in [1.807, 2.05) is 41.3 Å². The van der Waals surface area contributed by atoms with Gasteiger partial charge in [0.1, 0.15) is 28.8 Å². The number of carbonyl (C=O) groups excluding carboxylic acids is 3. The molecule has 0 bridgehead atoms. The number of para-hydroxylation sites is 1. The van der Waals surface area contributed by atoms with E-state index in [0.29, 0.717) is 28.2 Å². The van der Waals surface area contributed by atoms with Gasteiger partial charge in [-0.25, -0.2) is 4.39 Å². The summed E-state index contributed by atoms with van der Waals surface area (Å²) in [5.74, 6) is -1.50. The molecule has 2 aliphatic heterocycles. The summed E-state index contributed by atoms with van der Waals surface area (Å²) in [6, 6.07) is 23.2. The number of ether oxygens (including phenoxy) is 2. The molecule has 0 aromatic heterocycles. The maximum Gasteiger partial charge on any atom is 0.185 e. The number of methoxy groups -OCH3 is 2. The van der Waals surface area contributed by atoms with Crippen LogP contribution >= 0.6 is 0 Å². The minimum atomic E-state index is -1.67. The Bertz CT molecular complexity index is 1780. The van der Waals surface area contributed by atoms with E-state index < -0.39 is 29.2 Å². The Kier molecular flexibility index (Phi) is 5.87. The number of hydrogen-bond donors (Lipinski definition) is 0. The highest BCUT2D eigenvalue weighted by molar-refractivity contribution is 6.32. The Balaban J connectivity index is 1.57. The van der Waals surface area contributed by atoms with Crippen LogP contribution in [0.15, 0.2) is 97.1 Å². The van der Waals surface area contributed by atoms with E-state index in [-0.39, 0.29) is 22.9 Å². The second kappa shape index (κ2) is 9.52. The highest BCUT2D eigenvalue weighted by Gasteiger charge is 2.72. The highest BCUT2D eigenvalue weighted by atomic mass is 19.1. The van der Waals surface area contributed by atoms with Crippen LogP contribution < -0.4 is 14.4 Å². The van der Waals surface area contributed by atoms with E-state index in [2.05, 4.69) is 0 Å². The van der Waals surface area contributed by atoms with Crippen molar-refractivity contribution in [3.8, 4) is 11.5 Å². The summed E-state index contributed by atoms with van der Waals surface area (Å²) in [7, 11) is 3.04. The average Bonchev–Trinajstić information content (AvgIpc) is 3.46. The maximum absolute atomic E-state index is 14.7. The lowest BCUT2D eigenvalue weighted by Crippen LogP contribution is -2.48. The normalized spacial score (nSPS) is 21.2. The molecule has 1 fully saturated rings. The van der Waals surface area contributed by atoms with Crippen molar-refractivity contribution in [2.45, 2.75) is 18.0 Å². The van der Waals surface area contributed by atoms with E-state index >= 15 is 0 Å². The van der Waals surface area contributed by atoms with Crippen LogP contribution in [0.25, 0.3) is 6.08 Å². The summed E-state index contributed by atoms with van der Waals surface area (Å²) in [5.41, 5.74) is 1.40. The fraction of sp³-hybridized carbons (Fsp3) is 0.171. The molecule has 7 rings (SSSR count). The van der Waals surface area contributed by atoms with Gasteiger partial charge in [-0.15, -0.1) is 0 Å². The lowest BCUT2D eigenvalue weighted by Gasteiger charge is -2.37. The third kappa shape index (κ3) is 3.40. The molecule has 0 radical (unpaired) electrons. The van der Waals surface area contributed by atoms with E-state index in [9.17, 15) is 18.8 Å². The van der Waals surface area contributed by atoms with Crippen molar-refractivity contribution in [1.29, 1.82) is 0 Å². The predicted molar refractivity (Wildman–Crippen MR) is 156 cm³/mol. The minimum Gasteiger partial charge on any atom is -0.497 e. The summed E-state index contributed by atoms with van der Waals surface area (Å²) in [6.45, 7) is 0. The van der Waals surface area contributed by atoms with Gasteiger partial charge in [0, 0.05) is 39.9 Å². The molecule has 3 unspecified atom stereocenters. The molecule has 3 aliphatic rings. The number of ketones is 3. The average molecular weight is 560 g/mol. The van der Waals surface area contributed by atoms with Gasteiger partial charge in [0.25, 0.3) is 0 Å². The van der Waals surface area contributed by atoms with Gasteiger partial charge in [0.05, 0.1) is 20.3 Å². The summed E-state index contributed by atoms with van der Waals surface area (Å²) in [6.07, 6.45) is 3.78. The first-order valence-electron chi connectivity index (χ1n) is 13.7. The van der Waals surface area contributed by atoms with Crippen LogP contribution in [-0.4, -0.2) is 43.7 Å². The zero-order valence-electron chi connectivity index (χ0n) is 22.9. The number of hydrogen-bond acceptors (Lipinski definition) is 6. The molecule has 7 heteroatoms. The molecule has 1 saturated heterocycles. The number of carbonyl (C=O) groups is 3. The molecular formula is C35H26FNO5. The molecule has 208 valence electrons. The monoisotopic (exact) mass is 559 g/mol. The van der Waals surface area contributed by atoms with E-state index in [4.69, 9.17) is 9.47 Å². The number of Topliss-reactive ketones (excluding diaryl/α,β-unsaturated/α-hetero) is 3. The van der Waals surface area contributed by atoms with Gasteiger partial charge in [-0.2, -0.15) is 0 Å². The number of nitrogens with zero attached hydrogens (tertiary/aromatic N) is 1. The number of rotatable bonds is 5. The zero-order chi connectivity index (χ0) is 29.2. The van der Waals surface area contributed by atoms with Crippen molar-refractivity contribution >= 4 is 29.1 Å². The lowest BCUT2D eigenvalue weighted by molar-refractivity contribution is 0.0665. The maximum atomic E-state index is 14.7. The third-order valence-electron chi connectivity index (χ3n) is 8.89. The van der Waals surface area contributed by atoms with Crippen molar-refractivity contribution in [2.24, 2.45) is 5.41 Å². The van der Waals surface area contributed by atoms with Crippen molar-refractivity contribution in [3.05, 3.63) is 131 Å². The van der Waals surface area contributed by atoms with Gasteiger partial charge in [-0.1, -0.05) is 60.7 Å². The molecule has 6 nitrogen and oxygen atoms in total. The standard InChI is InChI=1S/C35H26FNO5/c1-41-23-16-17-26(28(19-23)42-2)30-31(32(38)21-11-14-22(36)15-12-21)37-27-10-6-3-7-20(27)13-18-29(37)35(30)33(39)24-8-4-5-9-25(24)34(35)40/h3-19,29-31H,1-2H3. The third-order valence-corrected chi connectivity index (χ3v) is 8.89. The highest BCUT2D eigenvalue weighted by Crippen LogP contribution is 2.62. The Morgan fingerprint density at radius 3 is 2.17 bits per heavy atom. The molecule has 4 aromatic rings. The molecule has 0 N–H and O–H groups in total. The Hall–Kier alpha value is -5.04. The number of anilines is 1. The summed E-state index contributed by atoms with van der Waals surface area (Å²) in [5, 5.41) is 0. The van der Waals surface area contributed by atoms with Crippen molar-refractivity contribution in [2.75, 3.05) is 19.1 Å². The molecule has 0 saturated carbocycles. The molecule has 3 atom stereocenters. The lowest BCUT2D eigenvalue weighted by atomic mass is 9.64. The molecular weight excluding hydrogens is 533 g/mol. The Morgan fingerprint density at radius 2 is 1.50 bits per heavy atom. The van der Waals surface area contributed by atoms with Crippen LogP contribution in [0.3, 0.4) is 0 Å². The van der Waals surface area contributed by atoms with Crippen LogP contribution in [0.1, 0.15) is 48.1 Å². The molecule has 0 amide bonds. The summed E-state index contributed by atoms with van der Waals surface area (Å²) >= 11 is 0. The molecule has 42 heavy (non-hydrogen) atoms. The summed E-state index contributed by atoms with van der Waals surface area (Å²) in [4.78, 5) is 46.1. The smallest absolute Gasteiger partial charge is 0.185 e. The first kappa shape index (κ1) is 25.9. The van der Waals surface area contributed by atoms with Gasteiger partial charge in [0.2, 0.25) is 0 Å². The van der Waals surface area contributed by atoms with E-state index in [1.165, 1.54) is 38.5 Å². The van der Waals surface area contributed by atoms with Crippen molar-refractivity contribution in [1.82, 2.24) is 0 Å². The number of fused-ring (bicyclic) bond motifs is 5. The van der Waals surface area contributed by atoms with Crippen molar-refractivity contribution < 1.29 is 28.2 Å². The van der Waals surface area contributed by atoms with Crippen LogP contribution in [-0.2, 0) is 0 Å². The topological polar surface area (TPSA) is 72.9 Å².